The van der Waals surface area contributed by atoms with Gasteiger partial charge < -0.3 is 5.11 Å². The average Bonchev–Trinajstić information content (AvgIpc) is 2.13. The molecular weight excluding hydrogens is 122 g/mol. The Kier molecular flexibility index (Phi) is 1.18. The van der Waals surface area contributed by atoms with Crippen LogP contribution in [0.5, 0.6) is 0 Å². The van der Waals surface area contributed by atoms with Crippen molar-refractivity contribution >= 4 is 6.09 Å². The summed E-state index contributed by atoms with van der Waals surface area (Å²) < 4.78 is 0. The second-order valence-electron chi connectivity index (χ2n) is 1.61. The number of nitrogens with one attached hydrogen (secondary N) is 1. The first-order chi connectivity index (χ1) is 4.22. The molecule has 50 valence electrons. The van der Waals surface area contributed by atoms with Crippen molar-refractivity contribution in [2.45, 2.75) is 0 Å². The molecule has 1 aliphatic rings. The zero-order chi connectivity index (χ0) is 6.85. The molecule has 0 bridgehead atoms. The van der Waals surface area contributed by atoms with Crippen LogP contribution in [0.4, 0.5) is 4.79 Å². The van der Waals surface area contributed by atoms with Gasteiger partial charge in [0.25, 0.3) is 0 Å². The van der Waals surface area contributed by atoms with Crippen molar-refractivity contribution in [3.8, 4) is 0 Å². The van der Waals surface area contributed by atoms with E-state index in [-0.39, 0.29) is 0 Å². The van der Waals surface area contributed by atoms with Gasteiger partial charge in [0.2, 0.25) is 0 Å². The minimum absolute atomic E-state index is 0.958. The zero-order valence-corrected chi connectivity index (χ0v) is 4.90. The van der Waals surface area contributed by atoms with Gasteiger partial charge in [0.15, 0.2) is 0 Å². The summed E-state index contributed by atoms with van der Waals surface area (Å²) in [4.78, 5) is 10.2. The fourth-order valence-electron chi connectivity index (χ4n) is 0.560. The van der Waals surface area contributed by atoms with E-state index in [2.05, 4.69) is 5.43 Å². The molecule has 0 aromatic heterocycles. The highest BCUT2D eigenvalue weighted by atomic mass is 16.4. The molecule has 0 aromatic rings. The molecule has 5 heteroatoms. The van der Waals surface area contributed by atoms with Crippen molar-refractivity contribution in [3.05, 3.63) is 12.4 Å². The van der Waals surface area contributed by atoms with Crippen molar-refractivity contribution < 1.29 is 9.90 Å². The lowest BCUT2D eigenvalue weighted by molar-refractivity contribution is 0.0360. The van der Waals surface area contributed by atoms with E-state index < -0.39 is 6.09 Å². The molecule has 0 aromatic carbocycles. The van der Waals surface area contributed by atoms with Gasteiger partial charge >= 0.3 is 6.09 Å². The summed E-state index contributed by atoms with van der Waals surface area (Å²) in [5, 5.41) is 10.7. The first kappa shape index (κ1) is 5.74. The second-order valence-corrected chi connectivity index (χ2v) is 1.61. The van der Waals surface area contributed by atoms with E-state index in [1.165, 1.54) is 11.2 Å². The van der Waals surface area contributed by atoms with Crippen LogP contribution in [0.25, 0.3) is 0 Å². The monoisotopic (exact) mass is 129 g/mol. The Hall–Kier alpha value is -1.39. The maximum Gasteiger partial charge on any atom is 0.446 e. The van der Waals surface area contributed by atoms with Gasteiger partial charge in [-0.1, -0.05) is 0 Å². The number of nitrogens with zero attached hydrogens (tertiary/aromatic N) is 2. The molecule has 0 atom stereocenters. The first-order valence-electron chi connectivity index (χ1n) is 2.40. The van der Waals surface area contributed by atoms with Gasteiger partial charge in [-0.3, -0.25) is 10.4 Å². The summed E-state index contributed by atoms with van der Waals surface area (Å²) in [5.74, 6) is 0. The average molecular weight is 129 g/mol. The van der Waals surface area contributed by atoms with Gasteiger partial charge in [0.1, 0.15) is 0 Å². The molecule has 1 rings (SSSR count). The Morgan fingerprint density at radius 2 is 2.44 bits per heavy atom. The third-order valence-electron chi connectivity index (χ3n) is 0.984. The Bertz CT molecular complexity index is 156. The number of hydrogen-bond acceptors (Lipinski definition) is 3. The molecule has 0 saturated heterocycles. The van der Waals surface area contributed by atoms with E-state index in [1.54, 1.807) is 13.2 Å². The molecule has 2 N–H and O–H groups in total. The highest BCUT2D eigenvalue weighted by molar-refractivity contribution is 5.64. The maximum absolute atomic E-state index is 10.2. The number of hydrogen-bond donors (Lipinski definition) is 2. The summed E-state index contributed by atoms with van der Waals surface area (Å²) in [6.45, 7) is 0. The lowest BCUT2D eigenvalue weighted by Crippen LogP contribution is -2.43. The molecule has 0 spiro atoms. The van der Waals surface area contributed by atoms with Crippen molar-refractivity contribution in [3.63, 3.8) is 0 Å². The summed E-state index contributed by atoms with van der Waals surface area (Å²) in [5.41, 5.74) is 2.48. The third-order valence-corrected chi connectivity index (χ3v) is 0.984. The molecule has 0 saturated carbocycles. The Morgan fingerprint density at radius 3 is 2.67 bits per heavy atom. The Balaban J connectivity index is 2.55. The van der Waals surface area contributed by atoms with Gasteiger partial charge in [-0.05, 0) is 0 Å². The van der Waals surface area contributed by atoms with Gasteiger partial charge in [0, 0.05) is 19.4 Å². The third kappa shape index (κ3) is 0.883. The van der Waals surface area contributed by atoms with Crippen molar-refractivity contribution in [2.75, 3.05) is 7.05 Å². The molecule has 1 heterocycles. The molecule has 1 aliphatic heterocycles. The van der Waals surface area contributed by atoms with E-state index >= 15 is 0 Å². The highest BCUT2D eigenvalue weighted by Gasteiger charge is 2.16. The standard InChI is InChI=1S/C4H7N3O2/c1-6-3-2-5-7(6)4(8)9/h2-3,5H,1H3,(H,8,9). The number of amides is 1. The van der Waals surface area contributed by atoms with Crippen LogP contribution in [0.2, 0.25) is 0 Å². The van der Waals surface area contributed by atoms with Crippen LogP contribution in [0.3, 0.4) is 0 Å². The number of hydrazine groups is 2. The molecule has 0 unspecified atom stereocenters. The van der Waals surface area contributed by atoms with Gasteiger partial charge in [-0.2, -0.15) is 0 Å². The minimum Gasteiger partial charge on any atom is -0.462 e. The topological polar surface area (TPSA) is 55.8 Å². The van der Waals surface area contributed by atoms with Gasteiger partial charge in [-0.15, -0.1) is 5.12 Å². The van der Waals surface area contributed by atoms with Crippen LogP contribution in [0.15, 0.2) is 12.4 Å². The summed E-state index contributed by atoms with van der Waals surface area (Å²) in [6.07, 6.45) is 2.12. The van der Waals surface area contributed by atoms with Crippen LogP contribution in [0.1, 0.15) is 0 Å². The van der Waals surface area contributed by atoms with Crippen LogP contribution in [0, 0.1) is 0 Å². The van der Waals surface area contributed by atoms with Crippen LogP contribution >= 0.6 is 0 Å². The molecule has 0 radical (unpaired) electrons. The molecule has 5 nitrogen and oxygen atoms in total. The van der Waals surface area contributed by atoms with E-state index in [4.69, 9.17) is 5.11 Å². The normalized spacial score (nSPS) is 16.1. The van der Waals surface area contributed by atoms with E-state index in [0.29, 0.717) is 0 Å². The molecule has 1 amide bonds. The number of carbonyl (C=O) groups is 1. The van der Waals surface area contributed by atoms with Crippen molar-refractivity contribution in [2.24, 2.45) is 0 Å². The predicted molar refractivity (Wildman–Crippen MR) is 29.9 cm³/mol. The molecule has 0 aliphatic carbocycles. The van der Waals surface area contributed by atoms with Crippen LogP contribution in [-0.4, -0.2) is 28.4 Å². The van der Waals surface area contributed by atoms with Crippen LogP contribution in [-0.2, 0) is 0 Å². The van der Waals surface area contributed by atoms with Gasteiger partial charge in [-0.25, -0.2) is 4.79 Å². The van der Waals surface area contributed by atoms with Crippen molar-refractivity contribution in [1.82, 2.24) is 15.6 Å². The lowest BCUT2D eigenvalue weighted by atomic mass is 10.9. The summed E-state index contributed by atoms with van der Waals surface area (Å²) in [6, 6.07) is 0. The molecule has 9 heavy (non-hydrogen) atoms. The quantitative estimate of drug-likeness (QED) is 0.475. The van der Waals surface area contributed by atoms with E-state index in [9.17, 15) is 4.79 Å². The smallest absolute Gasteiger partial charge is 0.446 e. The van der Waals surface area contributed by atoms with Gasteiger partial charge in [0.05, 0.1) is 0 Å². The summed E-state index contributed by atoms with van der Waals surface area (Å²) >= 11 is 0. The first-order valence-corrected chi connectivity index (χ1v) is 2.40. The second kappa shape index (κ2) is 1.85. The maximum atomic E-state index is 10.2. The minimum atomic E-state index is -1.03. The van der Waals surface area contributed by atoms with Crippen LogP contribution < -0.4 is 5.43 Å². The molecular formula is C4H7N3O2. The predicted octanol–water partition coefficient (Wildman–Crippen LogP) is -0.197. The zero-order valence-electron chi connectivity index (χ0n) is 4.90. The fraction of sp³-hybridized carbons (Fsp3) is 0.250. The number of rotatable bonds is 0. The molecule has 0 fully saturated rings. The Morgan fingerprint density at radius 1 is 1.78 bits per heavy atom. The largest absolute Gasteiger partial charge is 0.462 e. The highest BCUT2D eigenvalue weighted by Crippen LogP contribution is 1.97. The van der Waals surface area contributed by atoms with E-state index in [1.807, 2.05) is 0 Å². The SMILES string of the molecule is CN1C=CNN1C(=O)O. The van der Waals surface area contributed by atoms with E-state index in [0.717, 1.165) is 5.12 Å². The Labute approximate surface area is 52.1 Å². The lowest BCUT2D eigenvalue weighted by Gasteiger charge is -2.20. The van der Waals surface area contributed by atoms with Crippen molar-refractivity contribution in [1.29, 1.82) is 0 Å². The summed E-state index contributed by atoms with van der Waals surface area (Å²) in [7, 11) is 1.63. The number of carboxylic acid groups (broad SMARTS) is 1. The fourth-order valence-corrected chi connectivity index (χ4v) is 0.560.